The van der Waals surface area contributed by atoms with Gasteiger partial charge in [0.2, 0.25) is 0 Å². The Kier molecular flexibility index (Phi) is 3.25. The number of aryl methyl sites for hydroxylation is 1. The molecular formula is C16H20ClN3. The van der Waals surface area contributed by atoms with Crippen LogP contribution in [0.25, 0.3) is 11.3 Å². The third-order valence-corrected chi connectivity index (χ3v) is 4.11. The van der Waals surface area contributed by atoms with Crippen LogP contribution >= 0.6 is 11.6 Å². The van der Waals surface area contributed by atoms with Gasteiger partial charge in [0, 0.05) is 22.5 Å². The van der Waals surface area contributed by atoms with Crippen LogP contribution in [0.5, 0.6) is 0 Å². The Balaban J connectivity index is 2.16. The first-order valence-corrected chi connectivity index (χ1v) is 7.51. The fraction of sp³-hybridized carbons (Fsp3) is 0.438. The van der Waals surface area contributed by atoms with Crippen molar-refractivity contribution in [1.82, 2.24) is 9.55 Å². The van der Waals surface area contributed by atoms with Crippen molar-refractivity contribution in [3.05, 3.63) is 34.6 Å². The van der Waals surface area contributed by atoms with Crippen molar-refractivity contribution >= 4 is 17.4 Å². The van der Waals surface area contributed by atoms with Gasteiger partial charge >= 0.3 is 0 Å². The molecule has 3 nitrogen and oxygen atoms in total. The molecular weight excluding hydrogens is 270 g/mol. The van der Waals surface area contributed by atoms with E-state index < -0.39 is 0 Å². The van der Waals surface area contributed by atoms with Gasteiger partial charge in [0.1, 0.15) is 17.3 Å². The lowest BCUT2D eigenvalue weighted by atomic mass is 10.1. The zero-order chi connectivity index (χ0) is 14.4. The standard InChI is InChI=1S/C16H20ClN3/c1-9(2)20-15(18)14(19-16(20)11-4-5-11)13-7-6-12(17)8-10(13)3/h6-9,11H,4-5,18H2,1-3H3. The van der Waals surface area contributed by atoms with Crippen LogP contribution in [0, 0.1) is 6.92 Å². The predicted molar refractivity (Wildman–Crippen MR) is 84.2 cm³/mol. The minimum Gasteiger partial charge on any atom is -0.383 e. The van der Waals surface area contributed by atoms with Gasteiger partial charge in [-0.25, -0.2) is 4.98 Å². The molecule has 1 aliphatic carbocycles. The molecule has 0 unspecified atom stereocenters. The summed E-state index contributed by atoms with van der Waals surface area (Å²) in [6.45, 7) is 6.36. The zero-order valence-electron chi connectivity index (χ0n) is 12.2. The van der Waals surface area contributed by atoms with Crippen molar-refractivity contribution in [2.75, 3.05) is 5.73 Å². The molecule has 1 saturated carbocycles. The van der Waals surface area contributed by atoms with Gasteiger partial charge in [-0.1, -0.05) is 17.7 Å². The van der Waals surface area contributed by atoms with E-state index in [-0.39, 0.29) is 0 Å². The number of imidazole rings is 1. The van der Waals surface area contributed by atoms with Crippen LogP contribution < -0.4 is 5.73 Å². The molecule has 1 fully saturated rings. The molecule has 0 bridgehead atoms. The van der Waals surface area contributed by atoms with Crippen molar-refractivity contribution in [3.8, 4) is 11.3 Å². The van der Waals surface area contributed by atoms with E-state index in [1.54, 1.807) is 0 Å². The Bertz CT molecular complexity index is 654. The number of hydrogen-bond donors (Lipinski definition) is 1. The zero-order valence-corrected chi connectivity index (χ0v) is 12.9. The maximum atomic E-state index is 6.38. The molecule has 0 atom stereocenters. The Hall–Kier alpha value is -1.48. The Morgan fingerprint density at radius 2 is 2.05 bits per heavy atom. The largest absolute Gasteiger partial charge is 0.383 e. The third-order valence-electron chi connectivity index (χ3n) is 3.88. The summed E-state index contributed by atoms with van der Waals surface area (Å²) < 4.78 is 2.18. The minimum atomic E-state index is 0.333. The number of aromatic nitrogens is 2. The summed E-state index contributed by atoms with van der Waals surface area (Å²) in [7, 11) is 0. The highest BCUT2D eigenvalue weighted by molar-refractivity contribution is 6.30. The van der Waals surface area contributed by atoms with Gasteiger partial charge in [0.25, 0.3) is 0 Å². The summed E-state index contributed by atoms with van der Waals surface area (Å²) in [5, 5.41) is 0.746. The van der Waals surface area contributed by atoms with Crippen LogP contribution in [0.4, 0.5) is 5.82 Å². The average molecular weight is 290 g/mol. The lowest BCUT2D eigenvalue weighted by molar-refractivity contribution is 0.576. The van der Waals surface area contributed by atoms with E-state index in [9.17, 15) is 0 Å². The average Bonchev–Trinajstić information content (AvgIpc) is 3.14. The second kappa shape index (κ2) is 4.81. The molecule has 0 amide bonds. The fourth-order valence-corrected chi connectivity index (χ4v) is 2.95. The topological polar surface area (TPSA) is 43.8 Å². The van der Waals surface area contributed by atoms with Crippen LogP contribution in [0.2, 0.25) is 5.02 Å². The smallest absolute Gasteiger partial charge is 0.131 e. The van der Waals surface area contributed by atoms with Crippen LogP contribution in [-0.4, -0.2) is 9.55 Å². The molecule has 2 aromatic rings. The predicted octanol–water partition coefficient (Wildman–Crippen LogP) is 4.55. The van der Waals surface area contributed by atoms with Crippen molar-refractivity contribution in [1.29, 1.82) is 0 Å². The van der Waals surface area contributed by atoms with Gasteiger partial charge < -0.3 is 10.3 Å². The summed E-state index contributed by atoms with van der Waals surface area (Å²) in [4.78, 5) is 4.85. The number of hydrogen-bond acceptors (Lipinski definition) is 2. The highest BCUT2D eigenvalue weighted by Crippen LogP contribution is 2.43. The van der Waals surface area contributed by atoms with Gasteiger partial charge in [0.05, 0.1) is 0 Å². The molecule has 3 rings (SSSR count). The molecule has 106 valence electrons. The quantitative estimate of drug-likeness (QED) is 0.900. The van der Waals surface area contributed by atoms with Crippen LogP contribution in [-0.2, 0) is 0 Å². The van der Waals surface area contributed by atoms with Crippen molar-refractivity contribution in [3.63, 3.8) is 0 Å². The Labute approximate surface area is 124 Å². The number of benzene rings is 1. The maximum absolute atomic E-state index is 6.38. The minimum absolute atomic E-state index is 0.333. The first-order valence-electron chi connectivity index (χ1n) is 7.13. The van der Waals surface area contributed by atoms with Gasteiger partial charge in [-0.2, -0.15) is 0 Å². The summed E-state index contributed by atoms with van der Waals surface area (Å²) in [5.41, 5.74) is 9.46. The van der Waals surface area contributed by atoms with E-state index in [4.69, 9.17) is 22.3 Å². The Morgan fingerprint density at radius 1 is 1.35 bits per heavy atom. The fourth-order valence-electron chi connectivity index (χ4n) is 2.73. The van der Waals surface area contributed by atoms with Crippen LogP contribution in [0.15, 0.2) is 18.2 Å². The lowest BCUT2D eigenvalue weighted by Crippen LogP contribution is -2.08. The van der Waals surface area contributed by atoms with Crippen molar-refractivity contribution in [2.45, 2.75) is 45.6 Å². The van der Waals surface area contributed by atoms with Crippen molar-refractivity contribution < 1.29 is 0 Å². The summed E-state index contributed by atoms with van der Waals surface area (Å²) in [6, 6.07) is 6.20. The highest BCUT2D eigenvalue weighted by Gasteiger charge is 2.31. The highest BCUT2D eigenvalue weighted by atomic mass is 35.5. The van der Waals surface area contributed by atoms with Gasteiger partial charge in [-0.15, -0.1) is 0 Å². The molecule has 20 heavy (non-hydrogen) atoms. The number of nitrogens with zero attached hydrogens (tertiary/aromatic N) is 2. The molecule has 0 radical (unpaired) electrons. The van der Waals surface area contributed by atoms with Crippen LogP contribution in [0.1, 0.15) is 50.0 Å². The van der Waals surface area contributed by atoms with E-state index in [2.05, 4.69) is 18.4 Å². The molecule has 1 aromatic heterocycles. The molecule has 0 spiro atoms. The Morgan fingerprint density at radius 3 is 2.60 bits per heavy atom. The number of nitrogen functional groups attached to an aromatic ring is 1. The van der Waals surface area contributed by atoms with E-state index >= 15 is 0 Å². The first kappa shape index (κ1) is 13.5. The number of rotatable bonds is 3. The third kappa shape index (κ3) is 2.20. The van der Waals surface area contributed by atoms with E-state index in [0.29, 0.717) is 12.0 Å². The molecule has 0 aliphatic heterocycles. The van der Waals surface area contributed by atoms with E-state index in [1.165, 1.54) is 12.8 Å². The van der Waals surface area contributed by atoms with E-state index in [1.807, 2.05) is 25.1 Å². The number of nitrogens with two attached hydrogens (primary N) is 1. The first-order chi connectivity index (χ1) is 9.49. The normalized spacial score (nSPS) is 15.1. The molecule has 1 heterocycles. The summed E-state index contributed by atoms with van der Waals surface area (Å²) in [6.07, 6.45) is 2.45. The van der Waals surface area contributed by atoms with Crippen molar-refractivity contribution in [2.24, 2.45) is 0 Å². The summed E-state index contributed by atoms with van der Waals surface area (Å²) >= 11 is 6.03. The molecule has 1 aliphatic rings. The van der Waals surface area contributed by atoms with Gasteiger partial charge in [-0.3, -0.25) is 0 Å². The van der Waals surface area contributed by atoms with Gasteiger partial charge in [0.15, 0.2) is 0 Å². The second-order valence-corrected chi connectivity index (χ2v) is 6.34. The summed E-state index contributed by atoms with van der Waals surface area (Å²) in [5.74, 6) is 2.50. The second-order valence-electron chi connectivity index (χ2n) is 5.90. The van der Waals surface area contributed by atoms with E-state index in [0.717, 1.165) is 33.5 Å². The molecule has 4 heteroatoms. The number of anilines is 1. The monoisotopic (exact) mass is 289 g/mol. The lowest BCUT2D eigenvalue weighted by Gasteiger charge is -2.13. The molecule has 1 aromatic carbocycles. The van der Waals surface area contributed by atoms with Crippen LogP contribution in [0.3, 0.4) is 0 Å². The van der Waals surface area contributed by atoms with Gasteiger partial charge in [-0.05, 0) is 51.3 Å². The number of halogens is 1. The molecule has 0 saturated heterocycles. The SMILES string of the molecule is Cc1cc(Cl)ccc1-c1nc(C2CC2)n(C(C)C)c1N. The molecule has 2 N–H and O–H groups in total. The maximum Gasteiger partial charge on any atom is 0.131 e.